The first-order chi connectivity index (χ1) is 16.5. The smallest absolute Gasteiger partial charge is 0.274 e. The molecule has 1 fully saturated rings. The van der Waals surface area contributed by atoms with E-state index in [1.54, 1.807) is 28.6 Å². The molecular weight excluding hydrogens is 430 g/mol. The van der Waals surface area contributed by atoms with E-state index in [-0.39, 0.29) is 5.91 Å². The number of rotatable bonds is 6. The lowest BCUT2D eigenvalue weighted by molar-refractivity contribution is 0.102. The molecule has 4 aromatic rings. The summed E-state index contributed by atoms with van der Waals surface area (Å²) in [5.41, 5.74) is 4.45. The summed E-state index contributed by atoms with van der Waals surface area (Å²) in [4.78, 5) is 20.2. The van der Waals surface area contributed by atoms with Gasteiger partial charge in [-0.05, 0) is 50.5 Å². The van der Waals surface area contributed by atoms with Crippen molar-refractivity contribution in [3.63, 3.8) is 0 Å². The number of anilines is 2. The minimum atomic E-state index is -0.496. The number of aromatic nitrogens is 5. The average molecular weight is 460 g/mol. The molecule has 1 aliphatic heterocycles. The Hall–Kier alpha value is -3.72. The van der Waals surface area contributed by atoms with Crippen molar-refractivity contribution in [1.82, 2.24) is 24.5 Å². The quantitative estimate of drug-likeness (QED) is 0.458. The molecule has 1 atom stereocenters. The lowest BCUT2D eigenvalue weighted by atomic mass is 10.1. The molecule has 9 heteroatoms. The molecule has 0 aliphatic carbocycles. The van der Waals surface area contributed by atoms with E-state index in [4.69, 9.17) is 0 Å². The summed E-state index contributed by atoms with van der Waals surface area (Å²) in [6.07, 6.45) is 8.48. The van der Waals surface area contributed by atoms with Gasteiger partial charge in [0.1, 0.15) is 5.69 Å². The zero-order chi connectivity index (χ0) is 23.7. The normalized spacial score (nSPS) is 15.0. The summed E-state index contributed by atoms with van der Waals surface area (Å²) in [7, 11) is 1.90. The van der Waals surface area contributed by atoms with Crippen LogP contribution >= 0.6 is 0 Å². The molecule has 0 radical (unpaired) electrons. The van der Waals surface area contributed by atoms with E-state index < -0.39 is 6.10 Å². The van der Waals surface area contributed by atoms with Gasteiger partial charge in [-0.15, -0.1) is 0 Å². The summed E-state index contributed by atoms with van der Waals surface area (Å²) in [6.45, 7) is 4.04. The van der Waals surface area contributed by atoms with Gasteiger partial charge in [0.25, 0.3) is 5.91 Å². The number of fused-ring (bicyclic) bond motifs is 1. The number of piperidine rings is 1. The molecule has 0 unspecified atom stereocenters. The topological polar surface area (TPSA) is 101 Å². The third-order valence-corrected chi connectivity index (χ3v) is 6.04. The third-order valence-electron chi connectivity index (χ3n) is 6.04. The number of nitrogens with zero attached hydrogens (tertiary/aromatic N) is 6. The number of hydrogen-bond acceptors (Lipinski definition) is 6. The van der Waals surface area contributed by atoms with E-state index in [0.29, 0.717) is 17.9 Å². The number of amides is 1. The largest absolute Gasteiger partial charge is 0.391 e. The van der Waals surface area contributed by atoms with Gasteiger partial charge in [0, 0.05) is 43.5 Å². The highest BCUT2D eigenvalue weighted by atomic mass is 16.3. The Morgan fingerprint density at radius 2 is 2.00 bits per heavy atom. The zero-order valence-electron chi connectivity index (χ0n) is 19.5. The minimum absolute atomic E-state index is 0.264. The van der Waals surface area contributed by atoms with Gasteiger partial charge in [0.05, 0.1) is 41.4 Å². The van der Waals surface area contributed by atoms with Crippen molar-refractivity contribution in [3.8, 4) is 11.3 Å². The molecule has 3 aromatic heterocycles. The molecule has 1 saturated heterocycles. The van der Waals surface area contributed by atoms with Gasteiger partial charge < -0.3 is 15.3 Å². The SMILES string of the molecule is C[C@@H](O)Cn1cc(-c2cccc(C(=O)Nc3cc4cn(C)nc4cc3N3CCCCC3)n2)cn1. The first-order valence-electron chi connectivity index (χ1n) is 11.7. The van der Waals surface area contributed by atoms with Crippen LogP contribution in [0.2, 0.25) is 0 Å². The van der Waals surface area contributed by atoms with Gasteiger partial charge in [-0.3, -0.25) is 14.2 Å². The number of carbonyl (C=O) groups excluding carboxylic acids is 1. The van der Waals surface area contributed by atoms with Crippen LogP contribution in [-0.2, 0) is 13.6 Å². The van der Waals surface area contributed by atoms with E-state index in [2.05, 4.69) is 31.5 Å². The second kappa shape index (κ2) is 9.26. The number of benzene rings is 1. The van der Waals surface area contributed by atoms with E-state index in [9.17, 15) is 9.90 Å². The van der Waals surface area contributed by atoms with Gasteiger partial charge in [0.15, 0.2) is 0 Å². The van der Waals surface area contributed by atoms with Crippen molar-refractivity contribution in [2.75, 3.05) is 23.3 Å². The van der Waals surface area contributed by atoms with Gasteiger partial charge >= 0.3 is 0 Å². The zero-order valence-corrected chi connectivity index (χ0v) is 19.5. The number of nitrogens with one attached hydrogen (secondary N) is 1. The fourth-order valence-corrected chi connectivity index (χ4v) is 4.46. The molecule has 9 nitrogen and oxygen atoms in total. The summed E-state index contributed by atoms with van der Waals surface area (Å²) in [5, 5.41) is 22.5. The van der Waals surface area contributed by atoms with Gasteiger partial charge in [0.2, 0.25) is 0 Å². The second-order valence-corrected chi connectivity index (χ2v) is 8.94. The predicted molar refractivity (Wildman–Crippen MR) is 132 cm³/mol. The summed E-state index contributed by atoms with van der Waals surface area (Å²) in [5.74, 6) is -0.264. The van der Waals surface area contributed by atoms with Crippen LogP contribution in [0.15, 0.2) is 48.9 Å². The molecule has 1 amide bonds. The molecule has 0 saturated carbocycles. The molecule has 4 heterocycles. The van der Waals surface area contributed by atoms with Crippen LogP contribution in [0, 0.1) is 0 Å². The lowest BCUT2D eigenvalue weighted by Gasteiger charge is -2.30. The highest BCUT2D eigenvalue weighted by Gasteiger charge is 2.19. The number of pyridine rings is 1. The van der Waals surface area contributed by atoms with Crippen LogP contribution in [0.4, 0.5) is 11.4 Å². The molecule has 2 N–H and O–H groups in total. The van der Waals surface area contributed by atoms with E-state index >= 15 is 0 Å². The Morgan fingerprint density at radius 1 is 1.18 bits per heavy atom. The van der Waals surface area contributed by atoms with Gasteiger partial charge in [-0.2, -0.15) is 10.2 Å². The van der Waals surface area contributed by atoms with Crippen molar-refractivity contribution in [2.24, 2.45) is 7.05 Å². The predicted octanol–water partition coefficient (Wildman–Crippen LogP) is 3.46. The molecule has 176 valence electrons. The van der Waals surface area contributed by atoms with Crippen molar-refractivity contribution in [2.45, 2.75) is 38.8 Å². The number of aliphatic hydroxyl groups excluding tert-OH is 1. The molecular formula is C25H29N7O2. The molecule has 0 bridgehead atoms. The van der Waals surface area contributed by atoms with E-state index in [0.717, 1.165) is 53.8 Å². The highest BCUT2D eigenvalue weighted by molar-refractivity contribution is 6.06. The van der Waals surface area contributed by atoms with Crippen molar-refractivity contribution in [1.29, 1.82) is 0 Å². The lowest BCUT2D eigenvalue weighted by Crippen LogP contribution is -2.30. The first-order valence-corrected chi connectivity index (χ1v) is 11.7. The second-order valence-electron chi connectivity index (χ2n) is 8.94. The molecule has 5 rings (SSSR count). The summed E-state index contributed by atoms with van der Waals surface area (Å²) < 4.78 is 3.46. The van der Waals surface area contributed by atoms with Gasteiger partial charge in [-0.1, -0.05) is 6.07 Å². The van der Waals surface area contributed by atoms with Crippen molar-refractivity contribution >= 4 is 28.2 Å². The minimum Gasteiger partial charge on any atom is -0.391 e. The van der Waals surface area contributed by atoms with Crippen molar-refractivity contribution < 1.29 is 9.90 Å². The highest BCUT2D eigenvalue weighted by Crippen LogP contribution is 2.33. The van der Waals surface area contributed by atoms with Crippen molar-refractivity contribution in [3.05, 3.63) is 54.6 Å². The maximum Gasteiger partial charge on any atom is 0.274 e. The van der Waals surface area contributed by atoms with Crippen LogP contribution in [0.3, 0.4) is 0 Å². The first kappa shape index (κ1) is 22.1. The standard InChI is InChI=1S/C25H29N7O2/c1-17(33)14-32-16-19(13-26-32)20-7-6-8-21(27-20)25(34)28-23-11-18-15-30(2)29-22(18)12-24(23)31-9-4-3-5-10-31/h6-8,11-13,15-17,33H,3-5,9-10,14H2,1-2H3,(H,28,34)/t17-/m1/s1. The number of aliphatic hydroxyl groups is 1. The van der Waals surface area contributed by atoms with Crippen LogP contribution in [0.5, 0.6) is 0 Å². The van der Waals surface area contributed by atoms with Crippen LogP contribution in [0.25, 0.3) is 22.2 Å². The summed E-state index contributed by atoms with van der Waals surface area (Å²) >= 11 is 0. The Morgan fingerprint density at radius 3 is 2.79 bits per heavy atom. The average Bonchev–Trinajstić information content (AvgIpc) is 3.44. The van der Waals surface area contributed by atoms with Crippen LogP contribution in [-0.4, -0.2) is 54.8 Å². The molecule has 1 aromatic carbocycles. The Kier molecular flexibility index (Phi) is 6.02. The number of aryl methyl sites for hydroxylation is 1. The fourth-order valence-electron chi connectivity index (χ4n) is 4.46. The monoisotopic (exact) mass is 459 g/mol. The van der Waals surface area contributed by atoms with Crippen LogP contribution < -0.4 is 10.2 Å². The fraction of sp³-hybridized carbons (Fsp3) is 0.360. The van der Waals surface area contributed by atoms with Gasteiger partial charge in [-0.25, -0.2) is 4.98 Å². The maximum atomic E-state index is 13.3. The maximum absolute atomic E-state index is 13.3. The Balaban J connectivity index is 1.43. The summed E-state index contributed by atoms with van der Waals surface area (Å²) in [6, 6.07) is 9.44. The number of carbonyl (C=O) groups is 1. The van der Waals surface area contributed by atoms with Crippen LogP contribution in [0.1, 0.15) is 36.7 Å². The van der Waals surface area contributed by atoms with E-state index in [1.165, 1.54) is 6.42 Å². The molecule has 1 aliphatic rings. The van der Waals surface area contributed by atoms with E-state index in [1.807, 2.05) is 37.6 Å². The third kappa shape index (κ3) is 4.65. The molecule has 0 spiro atoms. The molecule has 34 heavy (non-hydrogen) atoms. The Bertz CT molecular complexity index is 1320. The Labute approximate surface area is 198 Å². The number of hydrogen-bond donors (Lipinski definition) is 2.